The smallest absolute Gasteiger partial charge is 0.321 e. The van der Waals surface area contributed by atoms with E-state index in [1.165, 1.54) is 0 Å². The molecule has 2 aromatic rings. The van der Waals surface area contributed by atoms with Crippen LogP contribution >= 0.6 is 23.2 Å². The van der Waals surface area contributed by atoms with Gasteiger partial charge in [-0.2, -0.15) is 0 Å². The maximum absolute atomic E-state index is 12.4. The van der Waals surface area contributed by atoms with Crippen molar-refractivity contribution in [2.75, 3.05) is 36.4 Å². The lowest BCUT2D eigenvalue weighted by Crippen LogP contribution is -2.50. The van der Waals surface area contributed by atoms with Crippen LogP contribution in [0.5, 0.6) is 0 Å². The fourth-order valence-electron chi connectivity index (χ4n) is 2.78. The van der Waals surface area contributed by atoms with E-state index in [0.29, 0.717) is 18.1 Å². The first kappa shape index (κ1) is 16.9. The number of carbonyl (C=O) groups is 1. The summed E-state index contributed by atoms with van der Waals surface area (Å²) < 4.78 is 0. The normalized spacial score (nSPS) is 14.6. The zero-order valence-electron chi connectivity index (χ0n) is 13.4. The van der Waals surface area contributed by atoms with Crippen LogP contribution in [0.3, 0.4) is 0 Å². The summed E-state index contributed by atoms with van der Waals surface area (Å²) in [5.74, 6) is 0. The van der Waals surface area contributed by atoms with Crippen LogP contribution in [-0.2, 0) is 0 Å². The zero-order valence-corrected chi connectivity index (χ0v) is 14.9. The molecule has 24 heavy (non-hydrogen) atoms. The van der Waals surface area contributed by atoms with Crippen LogP contribution in [0.4, 0.5) is 16.2 Å². The molecule has 0 unspecified atom stereocenters. The summed E-state index contributed by atoms with van der Waals surface area (Å²) in [5, 5.41) is 4.36. The minimum absolute atomic E-state index is 0.0730. The van der Waals surface area contributed by atoms with Crippen molar-refractivity contribution in [2.45, 2.75) is 6.92 Å². The summed E-state index contributed by atoms with van der Waals surface area (Å²) in [6, 6.07) is 13.2. The van der Waals surface area contributed by atoms with E-state index in [4.69, 9.17) is 23.2 Å². The molecule has 1 saturated heterocycles. The largest absolute Gasteiger partial charge is 0.368 e. The molecular formula is C18H19Cl2N3O. The number of hydrogen-bond donors (Lipinski definition) is 1. The Morgan fingerprint density at radius 3 is 2.21 bits per heavy atom. The fraction of sp³-hybridized carbons (Fsp3) is 0.278. The Morgan fingerprint density at radius 1 is 0.958 bits per heavy atom. The standard InChI is InChI=1S/C18H19Cl2N3O/c1-13-12-15(20)4-7-17(13)21-18(24)23-10-8-22(9-11-23)16-5-2-14(19)3-6-16/h2-7,12H,8-11H2,1H3,(H,21,24). The minimum Gasteiger partial charge on any atom is -0.368 e. The third-order valence-electron chi connectivity index (χ3n) is 4.19. The number of carbonyl (C=O) groups excluding carboxylic acids is 1. The Hall–Kier alpha value is -1.91. The first-order valence-electron chi connectivity index (χ1n) is 7.85. The van der Waals surface area contributed by atoms with Crippen molar-refractivity contribution in [3.05, 3.63) is 58.1 Å². The SMILES string of the molecule is Cc1cc(Cl)ccc1NC(=O)N1CCN(c2ccc(Cl)cc2)CC1. The molecule has 2 amide bonds. The maximum atomic E-state index is 12.4. The summed E-state index contributed by atoms with van der Waals surface area (Å²) in [6.45, 7) is 4.89. The summed E-state index contributed by atoms with van der Waals surface area (Å²) in [6.07, 6.45) is 0. The molecule has 1 N–H and O–H groups in total. The van der Waals surface area contributed by atoms with Crippen molar-refractivity contribution >= 4 is 40.6 Å². The number of hydrogen-bond acceptors (Lipinski definition) is 2. The van der Waals surface area contributed by atoms with E-state index >= 15 is 0 Å². The van der Waals surface area contributed by atoms with Gasteiger partial charge in [-0.1, -0.05) is 23.2 Å². The topological polar surface area (TPSA) is 35.6 Å². The van der Waals surface area contributed by atoms with E-state index in [1.54, 1.807) is 6.07 Å². The monoisotopic (exact) mass is 363 g/mol. The highest BCUT2D eigenvalue weighted by Crippen LogP contribution is 2.22. The Morgan fingerprint density at radius 2 is 1.58 bits per heavy atom. The molecule has 2 aromatic carbocycles. The first-order chi connectivity index (χ1) is 11.5. The highest BCUT2D eigenvalue weighted by Gasteiger charge is 2.21. The molecule has 1 fully saturated rings. The average molecular weight is 364 g/mol. The predicted molar refractivity (Wildman–Crippen MR) is 100 cm³/mol. The minimum atomic E-state index is -0.0730. The van der Waals surface area contributed by atoms with Gasteiger partial charge in [-0.05, 0) is 55.0 Å². The van der Waals surface area contributed by atoms with Gasteiger partial charge in [0.25, 0.3) is 0 Å². The Kier molecular flexibility index (Phi) is 5.17. The summed E-state index contributed by atoms with van der Waals surface area (Å²) in [7, 11) is 0. The van der Waals surface area contributed by atoms with E-state index in [9.17, 15) is 4.79 Å². The van der Waals surface area contributed by atoms with Crippen LogP contribution in [0, 0.1) is 6.92 Å². The van der Waals surface area contributed by atoms with Gasteiger partial charge in [-0.3, -0.25) is 0 Å². The molecule has 6 heteroatoms. The van der Waals surface area contributed by atoms with E-state index in [2.05, 4.69) is 10.2 Å². The predicted octanol–water partition coefficient (Wildman–Crippen LogP) is 4.66. The Labute approximate surface area is 152 Å². The summed E-state index contributed by atoms with van der Waals surface area (Å²) >= 11 is 11.9. The molecule has 0 atom stereocenters. The van der Waals surface area contributed by atoms with Crippen molar-refractivity contribution in [3.63, 3.8) is 0 Å². The van der Waals surface area contributed by atoms with Gasteiger partial charge in [0.05, 0.1) is 0 Å². The Bertz CT molecular complexity index is 726. The molecule has 1 aliphatic rings. The second-order valence-corrected chi connectivity index (χ2v) is 6.71. The van der Waals surface area contributed by atoms with Crippen molar-refractivity contribution in [1.82, 2.24) is 4.90 Å². The van der Waals surface area contributed by atoms with Crippen molar-refractivity contribution in [2.24, 2.45) is 0 Å². The van der Waals surface area contributed by atoms with Gasteiger partial charge in [0.15, 0.2) is 0 Å². The number of nitrogens with zero attached hydrogens (tertiary/aromatic N) is 2. The first-order valence-corrected chi connectivity index (χ1v) is 8.61. The van der Waals surface area contributed by atoms with Crippen LogP contribution in [0.25, 0.3) is 0 Å². The van der Waals surface area contributed by atoms with Crippen LogP contribution in [-0.4, -0.2) is 37.1 Å². The number of anilines is 2. The molecule has 1 heterocycles. The maximum Gasteiger partial charge on any atom is 0.321 e. The quantitative estimate of drug-likeness (QED) is 0.842. The third-order valence-corrected chi connectivity index (χ3v) is 4.68. The third kappa shape index (κ3) is 3.94. The lowest BCUT2D eigenvalue weighted by atomic mass is 10.2. The second kappa shape index (κ2) is 7.32. The number of nitrogens with one attached hydrogen (secondary N) is 1. The molecule has 0 saturated carbocycles. The molecule has 4 nitrogen and oxygen atoms in total. The molecule has 0 aromatic heterocycles. The van der Waals surface area contributed by atoms with Gasteiger partial charge in [0.2, 0.25) is 0 Å². The molecule has 126 valence electrons. The van der Waals surface area contributed by atoms with Crippen LogP contribution < -0.4 is 10.2 Å². The lowest BCUT2D eigenvalue weighted by Gasteiger charge is -2.36. The number of benzene rings is 2. The van der Waals surface area contributed by atoms with E-state index in [0.717, 1.165) is 35.1 Å². The van der Waals surface area contributed by atoms with Gasteiger partial charge in [0, 0.05) is 47.6 Å². The fourth-order valence-corrected chi connectivity index (χ4v) is 3.13. The molecule has 0 spiro atoms. The van der Waals surface area contributed by atoms with Gasteiger partial charge in [0.1, 0.15) is 0 Å². The lowest BCUT2D eigenvalue weighted by molar-refractivity contribution is 0.208. The summed E-state index contributed by atoms with van der Waals surface area (Å²) in [4.78, 5) is 16.5. The van der Waals surface area contributed by atoms with Crippen molar-refractivity contribution in [3.8, 4) is 0 Å². The van der Waals surface area contributed by atoms with Crippen molar-refractivity contribution < 1.29 is 4.79 Å². The van der Waals surface area contributed by atoms with Crippen LogP contribution in [0.1, 0.15) is 5.56 Å². The number of piperazine rings is 1. The molecule has 0 radical (unpaired) electrons. The van der Waals surface area contributed by atoms with E-state index in [-0.39, 0.29) is 6.03 Å². The highest BCUT2D eigenvalue weighted by atomic mass is 35.5. The number of aryl methyl sites for hydroxylation is 1. The molecular weight excluding hydrogens is 345 g/mol. The number of rotatable bonds is 2. The van der Waals surface area contributed by atoms with Gasteiger partial charge >= 0.3 is 6.03 Å². The van der Waals surface area contributed by atoms with E-state index < -0.39 is 0 Å². The van der Waals surface area contributed by atoms with E-state index in [1.807, 2.05) is 48.2 Å². The van der Waals surface area contributed by atoms with Gasteiger partial charge in [-0.15, -0.1) is 0 Å². The van der Waals surface area contributed by atoms with Crippen LogP contribution in [0.15, 0.2) is 42.5 Å². The Balaban J connectivity index is 1.58. The van der Waals surface area contributed by atoms with Crippen LogP contribution in [0.2, 0.25) is 10.0 Å². The number of amides is 2. The summed E-state index contributed by atoms with van der Waals surface area (Å²) in [5.41, 5.74) is 2.88. The molecule has 0 aliphatic carbocycles. The van der Waals surface area contributed by atoms with Gasteiger partial charge in [-0.25, -0.2) is 4.79 Å². The van der Waals surface area contributed by atoms with Gasteiger partial charge < -0.3 is 15.1 Å². The average Bonchev–Trinajstić information content (AvgIpc) is 2.58. The second-order valence-electron chi connectivity index (χ2n) is 5.84. The zero-order chi connectivity index (χ0) is 17.1. The van der Waals surface area contributed by atoms with Crippen molar-refractivity contribution in [1.29, 1.82) is 0 Å². The number of halogens is 2. The molecule has 1 aliphatic heterocycles. The molecule has 0 bridgehead atoms. The highest BCUT2D eigenvalue weighted by molar-refractivity contribution is 6.31. The molecule has 3 rings (SSSR count). The number of urea groups is 1.